The summed E-state index contributed by atoms with van der Waals surface area (Å²) in [6, 6.07) is 14.7. The van der Waals surface area contributed by atoms with Gasteiger partial charge in [0, 0.05) is 13.7 Å². The molecular formula is C20H24N2O5. The number of nitrogens with one attached hydrogen (secondary N) is 2. The van der Waals surface area contributed by atoms with Gasteiger partial charge < -0.3 is 24.8 Å². The van der Waals surface area contributed by atoms with Gasteiger partial charge in [0.25, 0.3) is 5.91 Å². The number of amides is 2. The van der Waals surface area contributed by atoms with Crippen LogP contribution in [0.4, 0.5) is 0 Å². The van der Waals surface area contributed by atoms with E-state index in [1.807, 2.05) is 31.2 Å². The molecule has 0 fully saturated rings. The summed E-state index contributed by atoms with van der Waals surface area (Å²) >= 11 is 0. The first-order valence-corrected chi connectivity index (χ1v) is 8.56. The maximum absolute atomic E-state index is 11.7. The first-order chi connectivity index (χ1) is 13.1. The van der Waals surface area contributed by atoms with Crippen LogP contribution in [-0.2, 0) is 14.3 Å². The fraction of sp³-hybridized carbons (Fsp3) is 0.300. The summed E-state index contributed by atoms with van der Waals surface area (Å²) in [5.41, 5.74) is 1.16. The molecule has 27 heavy (non-hydrogen) atoms. The number of benzene rings is 2. The van der Waals surface area contributed by atoms with Crippen molar-refractivity contribution in [1.29, 1.82) is 0 Å². The predicted molar refractivity (Wildman–Crippen MR) is 101 cm³/mol. The summed E-state index contributed by atoms with van der Waals surface area (Å²) in [5.74, 6) is 1.29. The molecule has 2 rings (SSSR count). The minimum absolute atomic E-state index is 0.102. The van der Waals surface area contributed by atoms with Crippen LogP contribution >= 0.6 is 0 Å². The maximum Gasteiger partial charge on any atom is 0.258 e. The van der Waals surface area contributed by atoms with Crippen molar-refractivity contribution in [2.45, 2.75) is 6.92 Å². The minimum atomic E-state index is -0.378. The molecule has 0 spiro atoms. The van der Waals surface area contributed by atoms with Gasteiger partial charge in [-0.15, -0.1) is 0 Å². The van der Waals surface area contributed by atoms with E-state index < -0.39 is 0 Å². The van der Waals surface area contributed by atoms with E-state index in [-0.39, 0.29) is 25.0 Å². The molecule has 0 heterocycles. The number of carbonyl (C=O) groups is 2. The Kier molecular flexibility index (Phi) is 8.12. The van der Waals surface area contributed by atoms with Crippen LogP contribution in [0.15, 0.2) is 48.5 Å². The number of methoxy groups -OCH3 is 1. The van der Waals surface area contributed by atoms with E-state index in [0.717, 1.165) is 11.3 Å². The molecule has 7 nitrogen and oxygen atoms in total. The molecule has 0 bridgehead atoms. The van der Waals surface area contributed by atoms with Crippen molar-refractivity contribution in [2.75, 3.05) is 33.4 Å². The number of carbonyl (C=O) groups excluding carboxylic acids is 2. The summed E-state index contributed by atoms with van der Waals surface area (Å²) in [4.78, 5) is 23.2. The van der Waals surface area contributed by atoms with Crippen LogP contribution in [0.5, 0.6) is 17.2 Å². The van der Waals surface area contributed by atoms with Crippen molar-refractivity contribution in [3.63, 3.8) is 0 Å². The Bertz CT molecular complexity index is 729. The van der Waals surface area contributed by atoms with E-state index in [4.69, 9.17) is 14.2 Å². The fourth-order valence-electron chi connectivity index (χ4n) is 2.08. The Morgan fingerprint density at radius 2 is 1.44 bits per heavy atom. The molecule has 2 amide bonds. The molecule has 0 atom stereocenters. The lowest BCUT2D eigenvalue weighted by Crippen LogP contribution is -2.39. The molecule has 0 radical (unpaired) electrons. The average Bonchev–Trinajstić information content (AvgIpc) is 2.68. The highest BCUT2D eigenvalue weighted by Gasteiger charge is 2.06. The van der Waals surface area contributed by atoms with Gasteiger partial charge in [0.1, 0.15) is 17.2 Å². The first kappa shape index (κ1) is 20.3. The van der Waals surface area contributed by atoms with Crippen LogP contribution < -0.4 is 20.1 Å². The first-order valence-electron chi connectivity index (χ1n) is 8.56. The molecule has 0 aliphatic carbocycles. The number of rotatable bonds is 10. The normalized spacial score (nSPS) is 10.1. The van der Waals surface area contributed by atoms with Crippen molar-refractivity contribution in [3.8, 4) is 17.2 Å². The lowest BCUT2D eigenvalue weighted by atomic mass is 10.2. The largest absolute Gasteiger partial charge is 0.484 e. The van der Waals surface area contributed by atoms with Crippen molar-refractivity contribution < 1.29 is 23.8 Å². The van der Waals surface area contributed by atoms with Gasteiger partial charge in [-0.2, -0.15) is 0 Å². The third-order valence-corrected chi connectivity index (χ3v) is 3.52. The van der Waals surface area contributed by atoms with Crippen molar-refractivity contribution in [2.24, 2.45) is 0 Å². The maximum atomic E-state index is 11.7. The number of ether oxygens (including phenoxy) is 3. The fourth-order valence-corrected chi connectivity index (χ4v) is 2.08. The van der Waals surface area contributed by atoms with Gasteiger partial charge in [-0.1, -0.05) is 17.7 Å². The van der Waals surface area contributed by atoms with E-state index in [1.54, 1.807) is 31.4 Å². The van der Waals surface area contributed by atoms with Gasteiger partial charge in [0.15, 0.2) is 6.61 Å². The lowest BCUT2D eigenvalue weighted by Gasteiger charge is -2.09. The monoisotopic (exact) mass is 372 g/mol. The van der Waals surface area contributed by atoms with Gasteiger partial charge in [-0.3, -0.25) is 9.59 Å². The van der Waals surface area contributed by atoms with Crippen LogP contribution in [0, 0.1) is 6.92 Å². The SMILES string of the molecule is COCCNC(=O)CNC(=O)COc1ccc(Oc2ccc(C)cc2)cc1. The number of hydrogen-bond donors (Lipinski definition) is 2. The summed E-state index contributed by atoms with van der Waals surface area (Å²) in [6.07, 6.45) is 0. The van der Waals surface area contributed by atoms with Gasteiger partial charge >= 0.3 is 0 Å². The molecule has 0 aliphatic rings. The van der Waals surface area contributed by atoms with Crippen LogP contribution in [-0.4, -0.2) is 45.2 Å². The molecule has 0 saturated carbocycles. The Balaban J connectivity index is 1.70. The Morgan fingerprint density at radius 1 is 0.852 bits per heavy atom. The minimum Gasteiger partial charge on any atom is -0.484 e. The second-order valence-corrected chi connectivity index (χ2v) is 5.79. The summed E-state index contributed by atoms with van der Waals surface area (Å²) in [5, 5.41) is 5.10. The topological polar surface area (TPSA) is 85.9 Å². The summed E-state index contributed by atoms with van der Waals surface area (Å²) < 4.78 is 16.0. The summed E-state index contributed by atoms with van der Waals surface area (Å²) in [6.45, 7) is 2.56. The van der Waals surface area contributed by atoms with Gasteiger partial charge in [0.2, 0.25) is 5.91 Å². The smallest absolute Gasteiger partial charge is 0.258 e. The Labute approximate surface area is 158 Å². The van der Waals surface area contributed by atoms with Crippen LogP contribution in [0.3, 0.4) is 0 Å². The molecule has 0 saturated heterocycles. The Hall–Kier alpha value is -3.06. The average molecular weight is 372 g/mol. The molecule has 0 aromatic heterocycles. The lowest BCUT2D eigenvalue weighted by molar-refractivity contribution is -0.127. The van der Waals surface area contributed by atoms with Crippen LogP contribution in [0.25, 0.3) is 0 Å². The highest BCUT2D eigenvalue weighted by atomic mass is 16.5. The van der Waals surface area contributed by atoms with E-state index in [0.29, 0.717) is 24.7 Å². The molecule has 0 aliphatic heterocycles. The standard InChI is InChI=1S/C20H24N2O5/c1-15-3-5-17(6-4-15)27-18-9-7-16(8-10-18)26-14-20(24)22-13-19(23)21-11-12-25-2/h3-10H,11-14H2,1-2H3,(H,21,23)(H,22,24). The zero-order valence-corrected chi connectivity index (χ0v) is 15.5. The molecule has 0 unspecified atom stereocenters. The van der Waals surface area contributed by atoms with E-state index in [1.165, 1.54) is 0 Å². The highest BCUT2D eigenvalue weighted by Crippen LogP contribution is 2.24. The van der Waals surface area contributed by atoms with E-state index in [9.17, 15) is 9.59 Å². The third kappa shape index (κ3) is 7.79. The number of hydrogen-bond acceptors (Lipinski definition) is 5. The van der Waals surface area contributed by atoms with Gasteiger partial charge in [-0.05, 0) is 43.3 Å². The molecular weight excluding hydrogens is 348 g/mol. The van der Waals surface area contributed by atoms with Crippen LogP contribution in [0.2, 0.25) is 0 Å². The van der Waals surface area contributed by atoms with Crippen LogP contribution in [0.1, 0.15) is 5.56 Å². The second-order valence-electron chi connectivity index (χ2n) is 5.79. The zero-order chi connectivity index (χ0) is 19.5. The zero-order valence-electron chi connectivity index (χ0n) is 15.5. The van der Waals surface area contributed by atoms with Crippen molar-refractivity contribution >= 4 is 11.8 Å². The Morgan fingerprint density at radius 3 is 2.07 bits per heavy atom. The highest BCUT2D eigenvalue weighted by molar-refractivity contribution is 5.85. The second kappa shape index (κ2) is 10.8. The molecule has 7 heteroatoms. The quantitative estimate of drug-likeness (QED) is 0.624. The van der Waals surface area contributed by atoms with Gasteiger partial charge in [0.05, 0.1) is 13.2 Å². The molecule has 2 aromatic rings. The van der Waals surface area contributed by atoms with Gasteiger partial charge in [-0.25, -0.2) is 0 Å². The number of aryl methyl sites for hydroxylation is 1. The van der Waals surface area contributed by atoms with Crippen molar-refractivity contribution in [3.05, 3.63) is 54.1 Å². The summed E-state index contributed by atoms with van der Waals surface area (Å²) in [7, 11) is 1.55. The molecule has 2 aromatic carbocycles. The van der Waals surface area contributed by atoms with E-state index in [2.05, 4.69) is 10.6 Å². The predicted octanol–water partition coefficient (Wildman–Crippen LogP) is 2.04. The third-order valence-electron chi connectivity index (χ3n) is 3.52. The van der Waals surface area contributed by atoms with Crippen molar-refractivity contribution in [1.82, 2.24) is 10.6 Å². The molecule has 2 N–H and O–H groups in total. The molecule has 144 valence electrons. The van der Waals surface area contributed by atoms with E-state index >= 15 is 0 Å².